The fourth-order valence-electron chi connectivity index (χ4n) is 0.715. The zero-order valence-electron chi connectivity index (χ0n) is 6.28. The molecule has 0 aromatic carbocycles. The monoisotopic (exact) mass is 189 g/mol. The van der Waals surface area contributed by atoms with E-state index in [0.717, 1.165) is 7.05 Å². The Hall–Kier alpha value is -2.26. The first-order chi connectivity index (χ1) is 5.95. The molecule has 10 nitrogen and oxygen atoms in total. The minimum atomic E-state index is -1.19. The maximum absolute atomic E-state index is 10.8. The van der Waals surface area contributed by atoms with Crippen LogP contribution in [-0.2, 0) is 7.05 Å². The first-order valence-electron chi connectivity index (χ1n) is 2.90. The van der Waals surface area contributed by atoms with Gasteiger partial charge in [-0.1, -0.05) is 0 Å². The SMILES string of the molecule is Cn1nc([N+](=O)[O-])c([N+](=O)[O-])[n+]1[O-]. The molecule has 0 fully saturated rings. The summed E-state index contributed by atoms with van der Waals surface area (Å²) in [5.41, 5.74) is 0. The van der Waals surface area contributed by atoms with Gasteiger partial charge in [0.2, 0.25) is 0 Å². The topological polar surface area (TPSA) is 131 Å². The Morgan fingerprint density at radius 1 is 1.38 bits per heavy atom. The highest BCUT2D eigenvalue weighted by atomic mass is 16.7. The van der Waals surface area contributed by atoms with Crippen molar-refractivity contribution in [2.45, 2.75) is 0 Å². The van der Waals surface area contributed by atoms with Crippen LogP contribution in [0, 0.1) is 25.4 Å². The first-order valence-corrected chi connectivity index (χ1v) is 2.90. The molecule has 10 heteroatoms. The van der Waals surface area contributed by atoms with Crippen molar-refractivity contribution in [2.24, 2.45) is 7.05 Å². The lowest BCUT2D eigenvalue weighted by Crippen LogP contribution is -2.37. The van der Waals surface area contributed by atoms with Crippen molar-refractivity contribution >= 4 is 11.6 Å². The van der Waals surface area contributed by atoms with Gasteiger partial charge in [-0.2, -0.15) is 0 Å². The standard InChI is InChI=1S/C3H3N5O5/c1-5-4-2(7(10)11)3(6(5)9)8(12)13/h1H3. The summed E-state index contributed by atoms with van der Waals surface area (Å²) in [6, 6.07) is 0. The number of aromatic nitrogens is 3. The fraction of sp³-hybridized carbons (Fsp3) is 0.333. The second-order valence-electron chi connectivity index (χ2n) is 2.02. The van der Waals surface area contributed by atoms with E-state index in [1.807, 2.05) is 0 Å². The lowest BCUT2D eigenvalue weighted by atomic mass is 10.7. The third-order valence-corrected chi connectivity index (χ3v) is 1.23. The van der Waals surface area contributed by atoms with Crippen molar-refractivity contribution < 1.29 is 14.7 Å². The molecule has 0 amide bonds. The van der Waals surface area contributed by atoms with Gasteiger partial charge in [-0.25, -0.2) is 0 Å². The Morgan fingerprint density at radius 3 is 2.23 bits per heavy atom. The summed E-state index contributed by atoms with van der Waals surface area (Å²) in [4.78, 5) is 18.3. The van der Waals surface area contributed by atoms with Gasteiger partial charge in [-0.15, -0.1) is 0 Å². The third-order valence-electron chi connectivity index (χ3n) is 1.23. The highest BCUT2D eigenvalue weighted by Crippen LogP contribution is 2.17. The normalized spacial score (nSPS) is 9.92. The predicted octanol–water partition coefficient (Wildman–Crippen LogP) is -1.13. The predicted molar refractivity (Wildman–Crippen MR) is 35.5 cm³/mol. The summed E-state index contributed by atoms with van der Waals surface area (Å²) in [5, 5.41) is 34.2. The Kier molecular flexibility index (Phi) is 1.80. The molecule has 1 aromatic rings. The van der Waals surface area contributed by atoms with Gasteiger partial charge >= 0.3 is 11.6 Å². The zero-order chi connectivity index (χ0) is 10.2. The van der Waals surface area contributed by atoms with E-state index in [1.165, 1.54) is 0 Å². The average molecular weight is 189 g/mol. The van der Waals surface area contributed by atoms with Crippen molar-refractivity contribution in [3.05, 3.63) is 25.4 Å². The van der Waals surface area contributed by atoms with Crippen LogP contribution in [0.15, 0.2) is 0 Å². The highest BCUT2D eigenvalue weighted by Gasteiger charge is 2.43. The molecule has 0 aliphatic heterocycles. The molecule has 0 spiro atoms. The van der Waals surface area contributed by atoms with Gasteiger partial charge in [0.25, 0.3) is 0 Å². The Balaban J connectivity index is 3.44. The summed E-state index contributed by atoms with van der Waals surface area (Å²) >= 11 is 0. The molecule has 0 N–H and O–H groups in total. The molecule has 0 radical (unpaired) electrons. The van der Waals surface area contributed by atoms with Crippen LogP contribution in [0.25, 0.3) is 0 Å². The van der Waals surface area contributed by atoms with Gasteiger partial charge in [0, 0.05) is 9.64 Å². The molecule has 0 saturated heterocycles. The van der Waals surface area contributed by atoms with Gasteiger partial charge in [0.1, 0.15) is 17.1 Å². The number of rotatable bonds is 2. The summed E-state index contributed by atoms with van der Waals surface area (Å²) in [7, 11) is 1.06. The van der Waals surface area contributed by atoms with Crippen molar-refractivity contribution in [3.63, 3.8) is 0 Å². The largest absolute Gasteiger partial charge is 0.641 e. The third kappa shape index (κ3) is 1.23. The second kappa shape index (κ2) is 2.66. The van der Waals surface area contributed by atoms with Crippen LogP contribution < -0.4 is 4.85 Å². The second-order valence-corrected chi connectivity index (χ2v) is 2.02. The lowest BCUT2D eigenvalue weighted by Gasteiger charge is -1.86. The van der Waals surface area contributed by atoms with E-state index in [-0.39, 0.29) is 4.85 Å². The lowest BCUT2D eigenvalue weighted by molar-refractivity contribution is -0.735. The van der Waals surface area contributed by atoms with Crippen LogP contribution >= 0.6 is 0 Å². The van der Waals surface area contributed by atoms with Gasteiger partial charge in [-0.05, 0) is 4.92 Å². The van der Waals surface area contributed by atoms with Crippen LogP contribution in [0.1, 0.15) is 0 Å². The maximum Gasteiger partial charge on any atom is 0.641 e. The molecule has 0 saturated carbocycles. The van der Waals surface area contributed by atoms with Gasteiger partial charge < -0.3 is 15.3 Å². The molecule has 0 aliphatic rings. The minimum absolute atomic E-state index is 0.266. The van der Waals surface area contributed by atoms with Crippen LogP contribution in [0.3, 0.4) is 0 Å². The summed E-state index contributed by atoms with van der Waals surface area (Å²) < 4.78 is 0. The molecule has 1 aromatic heterocycles. The Labute approximate surface area is 69.9 Å². The number of nitrogens with zero attached hydrogens (tertiary/aromatic N) is 5. The van der Waals surface area contributed by atoms with E-state index in [0.29, 0.717) is 4.80 Å². The van der Waals surface area contributed by atoms with Crippen LogP contribution in [-0.4, -0.2) is 19.7 Å². The minimum Gasteiger partial charge on any atom is -0.588 e. The molecule has 70 valence electrons. The van der Waals surface area contributed by atoms with Crippen molar-refractivity contribution in [2.75, 3.05) is 0 Å². The average Bonchev–Trinajstić information content (AvgIpc) is 2.28. The Morgan fingerprint density at radius 2 is 1.92 bits per heavy atom. The molecule has 0 aliphatic carbocycles. The van der Waals surface area contributed by atoms with Gasteiger partial charge in [0.15, 0.2) is 0 Å². The maximum atomic E-state index is 10.8. The van der Waals surface area contributed by atoms with E-state index in [1.54, 1.807) is 0 Å². The molecule has 0 unspecified atom stereocenters. The number of aryl methyl sites for hydroxylation is 1. The summed E-state index contributed by atoms with van der Waals surface area (Å²) in [6.07, 6.45) is 0. The first kappa shape index (κ1) is 8.83. The summed E-state index contributed by atoms with van der Waals surface area (Å²) in [6.45, 7) is 0. The Bertz CT molecular complexity index is 382. The zero-order valence-corrected chi connectivity index (χ0v) is 6.28. The van der Waals surface area contributed by atoms with Crippen molar-refractivity contribution in [3.8, 4) is 0 Å². The molecule has 1 heterocycles. The number of hydrogen-bond acceptors (Lipinski definition) is 6. The van der Waals surface area contributed by atoms with E-state index >= 15 is 0 Å². The van der Waals surface area contributed by atoms with Crippen molar-refractivity contribution in [1.29, 1.82) is 0 Å². The fourth-order valence-corrected chi connectivity index (χ4v) is 0.715. The molecular weight excluding hydrogens is 186 g/mol. The number of nitro groups is 2. The van der Waals surface area contributed by atoms with E-state index in [2.05, 4.69) is 5.10 Å². The highest BCUT2D eigenvalue weighted by molar-refractivity contribution is 5.32. The van der Waals surface area contributed by atoms with Crippen LogP contribution in [0.4, 0.5) is 11.6 Å². The van der Waals surface area contributed by atoms with Gasteiger partial charge in [0.05, 0.1) is 0 Å². The molecular formula is C3H3N5O5. The number of hydrogen-bond donors (Lipinski definition) is 0. The van der Waals surface area contributed by atoms with E-state index < -0.39 is 21.5 Å². The van der Waals surface area contributed by atoms with E-state index in [4.69, 9.17) is 0 Å². The van der Waals surface area contributed by atoms with Crippen LogP contribution in [0.5, 0.6) is 0 Å². The molecule has 1 rings (SSSR count). The van der Waals surface area contributed by atoms with E-state index in [9.17, 15) is 25.4 Å². The van der Waals surface area contributed by atoms with Gasteiger partial charge in [-0.3, -0.25) is 10.1 Å². The summed E-state index contributed by atoms with van der Waals surface area (Å²) in [5.74, 6) is -2.25. The smallest absolute Gasteiger partial charge is 0.588 e. The van der Waals surface area contributed by atoms with Crippen LogP contribution in [0.2, 0.25) is 0 Å². The molecule has 0 atom stereocenters. The quantitative estimate of drug-likeness (QED) is 0.250. The van der Waals surface area contributed by atoms with Crippen molar-refractivity contribution in [1.82, 2.24) is 9.90 Å². The molecule has 0 bridgehead atoms. The molecule has 13 heavy (non-hydrogen) atoms.